The number of hydrogen-bond acceptors (Lipinski definition) is 3. The van der Waals surface area contributed by atoms with Gasteiger partial charge in [-0.3, -0.25) is 4.79 Å². The minimum Gasteiger partial charge on any atom is -0.452 e. The van der Waals surface area contributed by atoms with E-state index < -0.39 is 30.1 Å². The van der Waals surface area contributed by atoms with E-state index in [-0.39, 0.29) is 11.3 Å². The van der Waals surface area contributed by atoms with Crippen LogP contribution in [0.5, 0.6) is 0 Å². The molecule has 2 aromatic rings. The highest BCUT2D eigenvalue weighted by Crippen LogP contribution is 2.19. The van der Waals surface area contributed by atoms with E-state index in [1.165, 1.54) is 36.4 Å². The van der Waals surface area contributed by atoms with Crippen LogP contribution < -0.4 is 5.32 Å². The molecule has 124 valence electrons. The topological polar surface area (TPSA) is 55.4 Å². The standard InChI is InChI=1S/C17H12BrF2NO3/c18-12-6-7-15(14(20)9-12)21-16(22)10-24-17(23)8-5-11-3-1-2-4-13(11)19/h1-9H,10H2,(H,21,22)/b8-5+. The fourth-order valence-electron chi connectivity index (χ4n) is 1.73. The first-order valence-electron chi connectivity index (χ1n) is 6.80. The predicted octanol–water partition coefficient (Wildman–Crippen LogP) is 3.92. The maximum atomic E-state index is 13.6. The quantitative estimate of drug-likeness (QED) is 0.616. The lowest BCUT2D eigenvalue weighted by molar-refractivity contribution is -0.142. The zero-order valence-electron chi connectivity index (χ0n) is 12.3. The number of carbonyl (C=O) groups is 2. The molecule has 0 aliphatic carbocycles. The number of amides is 1. The van der Waals surface area contributed by atoms with Crippen molar-refractivity contribution in [2.45, 2.75) is 0 Å². The highest BCUT2D eigenvalue weighted by molar-refractivity contribution is 9.10. The van der Waals surface area contributed by atoms with Crippen molar-refractivity contribution in [2.24, 2.45) is 0 Å². The highest BCUT2D eigenvalue weighted by Gasteiger charge is 2.09. The van der Waals surface area contributed by atoms with Gasteiger partial charge in [0.15, 0.2) is 6.61 Å². The molecule has 0 spiro atoms. The maximum absolute atomic E-state index is 13.6. The summed E-state index contributed by atoms with van der Waals surface area (Å²) in [5.41, 5.74) is 0.192. The Labute approximate surface area is 145 Å². The molecule has 0 heterocycles. The maximum Gasteiger partial charge on any atom is 0.331 e. The molecule has 0 bridgehead atoms. The lowest BCUT2D eigenvalue weighted by Crippen LogP contribution is -2.20. The van der Waals surface area contributed by atoms with Gasteiger partial charge in [-0.05, 0) is 30.3 Å². The molecule has 0 aliphatic heterocycles. The number of carbonyl (C=O) groups excluding carboxylic acids is 2. The summed E-state index contributed by atoms with van der Waals surface area (Å²) in [6, 6.07) is 10.0. The number of hydrogen-bond donors (Lipinski definition) is 1. The number of halogens is 3. The summed E-state index contributed by atoms with van der Waals surface area (Å²) in [5, 5.41) is 2.28. The molecule has 2 rings (SSSR count). The van der Waals surface area contributed by atoms with Crippen molar-refractivity contribution in [1.82, 2.24) is 0 Å². The van der Waals surface area contributed by atoms with E-state index in [0.717, 1.165) is 6.08 Å². The van der Waals surface area contributed by atoms with Crippen LogP contribution in [0.15, 0.2) is 53.0 Å². The third kappa shape index (κ3) is 5.27. The second-order valence-corrected chi connectivity index (χ2v) is 5.55. The first-order chi connectivity index (χ1) is 11.5. The molecule has 1 N–H and O–H groups in total. The second-order valence-electron chi connectivity index (χ2n) is 4.63. The van der Waals surface area contributed by atoms with Crippen molar-refractivity contribution in [3.05, 3.63) is 70.2 Å². The average molecular weight is 396 g/mol. The van der Waals surface area contributed by atoms with E-state index in [1.54, 1.807) is 12.1 Å². The number of benzene rings is 2. The van der Waals surface area contributed by atoms with Crippen LogP contribution in [-0.4, -0.2) is 18.5 Å². The van der Waals surface area contributed by atoms with Gasteiger partial charge in [0.05, 0.1) is 5.69 Å². The molecule has 4 nitrogen and oxygen atoms in total. The van der Waals surface area contributed by atoms with Crippen molar-refractivity contribution in [3.8, 4) is 0 Å². The molecular weight excluding hydrogens is 384 g/mol. The summed E-state index contributed by atoms with van der Waals surface area (Å²) >= 11 is 3.10. The van der Waals surface area contributed by atoms with Gasteiger partial charge in [-0.15, -0.1) is 0 Å². The van der Waals surface area contributed by atoms with Gasteiger partial charge in [0.1, 0.15) is 11.6 Å². The van der Waals surface area contributed by atoms with Crippen LogP contribution in [0.25, 0.3) is 6.08 Å². The Hall–Kier alpha value is -2.54. The molecule has 0 saturated heterocycles. The molecule has 24 heavy (non-hydrogen) atoms. The molecule has 0 radical (unpaired) electrons. The van der Waals surface area contributed by atoms with Gasteiger partial charge in [-0.2, -0.15) is 0 Å². The largest absolute Gasteiger partial charge is 0.452 e. The van der Waals surface area contributed by atoms with Gasteiger partial charge in [0, 0.05) is 16.1 Å². The van der Waals surface area contributed by atoms with E-state index in [9.17, 15) is 18.4 Å². The van der Waals surface area contributed by atoms with E-state index in [2.05, 4.69) is 21.2 Å². The van der Waals surface area contributed by atoms with Gasteiger partial charge < -0.3 is 10.1 Å². The first-order valence-corrected chi connectivity index (χ1v) is 7.59. The number of anilines is 1. The third-order valence-electron chi connectivity index (χ3n) is 2.85. The summed E-state index contributed by atoms with van der Waals surface area (Å²) < 4.78 is 32.2. The Kier molecular flexibility index (Phi) is 6.20. The van der Waals surface area contributed by atoms with Crippen molar-refractivity contribution < 1.29 is 23.1 Å². The zero-order chi connectivity index (χ0) is 17.5. The van der Waals surface area contributed by atoms with Gasteiger partial charge in [0.2, 0.25) is 0 Å². The van der Waals surface area contributed by atoms with Crippen molar-refractivity contribution >= 4 is 39.6 Å². The lowest BCUT2D eigenvalue weighted by Gasteiger charge is -2.06. The van der Waals surface area contributed by atoms with Crippen LogP contribution in [0, 0.1) is 11.6 Å². The molecule has 1 amide bonds. The molecule has 7 heteroatoms. The minimum atomic E-state index is -0.815. The fourth-order valence-corrected chi connectivity index (χ4v) is 2.06. The van der Waals surface area contributed by atoms with Crippen molar-refractivity contribution in [1.29, 1.82) is 0 Å². The molecule has 0 aliphatic rings. The van der Waals surface area contributed by atoms with Crippen LogP contribution in [0.2, 0.25) is 0 Å². The summed E-state index contributed by atoms with van der Waals surface area (Å²) in [5.74, 6) is -2.61. The summed E-state index contributed by atoms with van der Waals surface area (Å²) in [6.45, 7) is -0.587. The molecular formula is C17H12BrF2NO3. The Balaban J connectivity index is 1.85. The number of esters is 1. The smallest absolute Gasteiger partial charge is 0.331 e. The van der Waals surface area contributed by atoms with E-state index in [1.807, 2.05) is 0 Å². The number of rotatable bonds is 5. The van der Waals surface area contributed by atoms with Crippen LogP contribution in [0.3, 0.4) is 0 Å². The lowest BCUT2D eigenvalue weighted by atomic mass is 10.2. The molecule has 0 saturated carbocycles. The predicted molar refractivity (Wildman–Crippen MR) is 89.1 cm³/mol. The van der Waals surface area contributed by atoms with Gasteiger partial charge in [0.25, 0.3) is 5.91 Å². The Morgan fingerprint density at radius 2 is 1.88 bits per heavy atom. The highest BCUT2D eigenvalue weighted by atomic mass is 79.9. The molecule has 0 unspecified atom stereocenters. The monoisotopic (exact) mass is 395 g/mol. The number of nitrogens with one attached hydrogen (secondary N) is 1. The summed E-state index contributed by atoms with van der Waals surface area (Å²) in [6.07, 6.45) is 2.25. The van der Waals surface area contributed by atoms with E-state index in [4.69, 9.17) is 4.74 Å². The Morgan fingerprint density at radius 3 is 2.58 bits per heavy atom. The molecule has 0 aromatic heterocycles. The van der Waals surface area contributed by atoms with Gasteiger partial charge in [-0.1, -0.05) is 34.1 Å². The zero-order valence-corrected chi connectivity index (χ0v) is 13.8. The first kappa shape index (κ1) is 17.8. The van der Waals surface area contributed by atoms with Crippen LogP contribution in [0.1, 0.15) is 5.56 Å². The molecule has 0 atom stereocenters. The van der Waals surface area contributed by atoms with E-state index in [0.29, 0.717) is 4.47 Å². The summed E-state index contributed by atoms with van der Waals surface area (Å²) in [7, 11) is 0. The molecule has 2 aromatic carbocycles. The van der Waals surface area contributed by atoms with E-state index >= 15 is 0 Å². The normalized spacial score (nSPS) is 10.6. The average Bonchev–Trinajstić information content (AvgIpc) is 2.55. The number of ether oxygens (including phenoxy) is 1. The molecule has 0 fully saturated rings. The SMILES string of the molecule is O=C(COC(=O)/C=C/c1ccccc1F)Nc1ccc(Br)cc1F. The Morgan fingerprint density at radius 1 is 1.12 bits per heavy atom. The van der Waals surface area contributed by atoms with Gasteiger partial charge >= 0.3 is 5.97 Å². The van der Waals surface area contributed by atoms with Gasteiger partial charge in [-0.25, -0.2) is 13.6 Å². The van der Waals surface area contributed by atoms with Crippen molar-refractivity contribution in [2.75, 3.05) is 11.9 Å². The Bertz CT molecular complexity index is 793. The van der Waals surface area contributed by atoms with Crippen molar-refractivity contribution in [3.63, 3.8) is 0 Å². The third-order valence-corrected chi connectivity index (χ3v) is 3.35. The fraction of sp³-hybridized carbons (Fsp3) is 0.0588. The second kappa shape index (κ2) is 8.35. The van der Waals surface area contributed by atoms with Crippen LogP contribution >= 0.6 is 15.9 Å². The van der Waals surface area contributed by atoms with Crippen LogP contribution in [0.4, 0.5) is 14.5 Å². The minimum absolute atomic E-state index is 0.0267. The van der Waals surface area contributed by atoms with Crippen LogP contribution in [-0.2, 0) is 14.3 Å². The summed E-state index contributed by atoms with van der Waals surface area (Å²) in [4.78, 5) is 23.1.